The van der Waals surface area contributed by atoms with E-state index in [1.807, 2.05) is 12.1 Å². The minimum absolute atomic E-state index is 0.135. The van der Waals surface area contributed by atoms with Crippen molar-refractivity contribution in [3.8, 4) is 0 Å². The third-order valence-electron chi connectivity index (χ3n) is 3.25. The molecule has 0 saturated carbocycles. The van der Waals surface area contributed by atoms with Crippen molar-refractivity contribution in [2.24, 2.45) is 0 Å². The fraction of sp³-hybridized carbons (Fsp3) is 0.250. The van der Waals surface area contributed by atoms with Gasteiger partial charge in [0.2, 0.25) is 0 Å². The summed E-state index contributed by atoms with van der Waals surface area (Å²) in [5.74, 6) is -1.35. The van der Waals surface area contributed by atoms with Crippen molar-refractivity contribution in [1.82, 2.24) is 0 Å². The van der Waals surface area contributed by atoms with Crippen LogP contribution in [0.1, 0.15) is 22.8 Å². The van der Waals surface area contributed by atoms with Gasteiger partial charge in [-0.3, -0.25) is 0 Å². The molecule has 0 aliphatic heterocycles. The van der Waals surface area contributed by atoms with E-state index in [1.165, 1.54) is 12.1 Å². The second kappa shape index (κ2) is 7.11. The van der Waals surface area contributed by atoms with Crippen LogP contribution in [0, 0.1) is 11.6 Å². The van der Waals surface area contributed by atoms with Gasteiger partial charge in [-0.2, -0.15) is 0 Å². The third kappa shape index (κ3) is 3.67. The summed E-state index contributed by atoms with van der Waals surface area (Å²) in [6.07, 6.45) is -1.15. The Labute approximate surface area is 130 Å². The van der Waals surface area contributed by atoms with E-state index in [2.05, 4.69) is 15.9 Å². The first-order valence-electron chi connectivity index (χ1n) is 6.41. The van der Waals surface area contributed by atoms with Gasteiger partial charge in [-0.25, -0.2) is 8.78 Å². The largest absolute Gasteiger partial charge is 0.388 e. The molecule has 21 heavy (non-hydrogen) atoms. The molecular weight excluding hydrogens is 342 g/mol. The van der Waals surface area contributed by atoms with Gasteiger partial charge in [0.15, 0.2) is 0 Å². The quantitative estimate of drug-likeness (QED) is 0.815. The summed E-state index contributed by atoms with van der Waals surface area (Å²) in [7, 11) is 1.55. The van der Waals surface area contributed by atoms with Crippen molar-refractivity contribution >= 4 is 15.9 Å². The summed E-state index contributed by atoms with van der Waals surface area (Å²) >= 11 is 3.02. The van der Waals surface area contributed by atoms with Crippen LogP contribution in [0.2, 0.25) is 0 Å². The highest BCUT2D eigenvalue weighted by atomic mass is 79.9. The molecule has 0 bridgehead atoms. The Morgan fingerprint density at radius 1 is 1.19 bits per heavy atom. The Morgan fingerprint density at radius 3 is 2.62 bits per heavy atom. The number of aliphatic hydroxyl groups is 1. The summed E-state index contributed by atoms with van der Waals surface area (Å²) in [5, 5.41) is 10.3. The molecule has 2 rings (SSSR count). The number of hydrogen-bond acceptors (Lipinski definition) is 2. The van der Waals surface area contributed by atoms with Crippen LogP contribution in [0.3, 0.4) is 0 Å². The molecule has 0 saturated heterocycles. The van der Waals surface area contributed by atoms with Crippen molar-refractivity contribution in [3.63, 3.8) is 0 Å². The zero-order valence-corrected chi connectivity index (χ0v) is 13.0. The molecule has 2 nitrogen and oxygen atoms in total. The number of rotatable bonds is 5. The number of halogens is 3. The molecule has 1 N–H and O–H groups in total. The number of aliphatic hydroxyl groups excluding tert-OH is 1. The second-order valence-electron chi connectivity index (χ2n) is 4.67. The Hall–Kier alpha value is -1.30. The molecule has 0 spiro atoms. The summed E-state index contributed by atoms with van der Waals surface area (Å²) in [6, 6.07) is 9.62. The van der Waals surface area contributed by atoms with Crippen LogP contribution < -0.4 is 0 Å². The Kier molecular flexibility index (Phi) is 5.45. The first kappa shape index (κ1) is 16.1. The maximum Gasteiger partial charge on any atom is 0.143 e. The van der Waals surface area contributed by atoms with E-state index < -0.39 is 17.7 Å². The maximum atomic E-state index is 14.0. The fourth-order valence-corrected chi connectivity index (χ4v) is 2.58. The van der Waals surface area contributed by atoms with Crippen molar-refractivity contribution in [2.75, 3.05) is 7.11 Å². The van der Waals surface area contributed by atoms with Gasteiger partial charge in [0.1, 0.15) is 11.6 Å². The lowest BCUT2D eigenvalue weighted by molar-refractivity contribution is 0.160. The smallest absolute Gasteiger partial charge is 0.143 e. The molecule has 2 aromatic rings. The lowest BCUT2D eigenvalue weighted by atomic mass is 9.97. The van der Waals surface area contributed by atoms with E-state index in [0.717, 1.165) is 5.56 Å². The average molecular weight is 357 g/mol. The van der Waals surface area contributed by atoms with Gasteiger partial charge >= 0.3 is 0 Å². The van der Waals surface area contributed by atoms with Crippen LogP contribution in [0.15, 0.2) is 40.9 Å². The maximum absolute atomic E-state index is 14.0. The Morgan fingerprint density at radius 2 is 1.90 bits per heavy atom. The van der Waals surface area contributed by atoms with E-state index in [9.17, 15) is 13.9 Å². The number of hydrogen-bond donors (Lipinski definition) is 1. The molecule has 0 amide bonds. The molecule has 0 aliphatic carbocycles. The van der Waals surface area contributed by atoms with Crippen LogP contribution in [0.25, 0.3) is 0 Å². The van der Waals surface area contributed by atoms with Gasteiger partial charge in [0.25, 0.3) is 0 Å². The summed E-state index contributed by atoms with van der Waals surface area (Å²) in [4.78, 5) is 0. The first-order valence-corrected chi connectivity index (χ1v) is 7.21. The van der Waals surface area contributed by atoms with Gasteiger partial charge in [-0.05, 0) is 39.2 Å². The molecule has 5 heteroatoms. The SMILES string of the molecule is COCc1ccccc1C(O)Cc1c(F)ccc(Br)c1F. The molecule has 1 atom stereocenters. The van der Waals surface area contributed by atoms with E-state index in [1.54, 1.807) is 19.2 Å². The monoisotopic (exact) mass is 356 g/mol. The number of benzene rings is 2. The minimum Gasteiger partial charge on any atom is -0.388 e. The van der Waals surface area contributed by atoms with E-state index in [0.29, 0.717) is 12.2 Å². The number of methoxy groups -OCH3 is 1. The van der Waals surface area contributed by atoms with Gasteiger partial charge in [0.05, 0.1) is 17.2 Å². The zero-order valence-electron chi connectivity index (χ0n) is 11.4. The summed E-state index contributed by atoms with van der Waals surface area (Å²) < 4.78 is 33.0. The minimum atomic E-state index is -1.00. The van der Waals surface area contributed by atoms with Gasteiger partial charge < -0.3 is 9.84 Å². The predicted octanol–water partition coefficient (Wildman–Crippen LogP) is 4.15. The molecular formula is C16H15BrF2O2. The summed E-state index contributed by atoms with van der Waals surface area (Å²) in [5.41, 5.74) is 1.27. The molecule has 0 heterocycles. The number of ether oxygens (including phenoxy) is 1. The lowest BCUT2D eigenvalue weighted by Crippen LogP contribution is -2.09. The van der Waals surface area contributed by atoms with Crippen LogP contribution >= 0.6 is 15.9 Å². The van der Waals surface area contributed by atoms with Crippen LogP contribution in [-0.2, 0) is 17.8 Å². The van der Waals surface area contributed by atoms with Gasteiger partial charge in [-0.15, -0.1) is 0 Å². The fourth-order valence-electron chi connectivity index (χ4n) is 2.21. The molecule has 0 fully saturated rings. The lowest BCUT2D eigenvalue weighted by Gasteiger charge is -2.16. The normalized spacial score (nSPS) is 12.4. The second-order valence-corrected chi connectivity index (χ2v) is 5.53. The Bertz CT molecular complexity index is 632. The van der Waals surface area contributed by atoms with E-state index in [-0.39, 0.29) is 16.5 Å². The Balaban J connectivity index is 2.31. The molecule has 2 aromatic carbocycles. The van der Waals surface area contributed by atoms with E-state index in [4.69, 9.17) is 4.74 Å². The highest BCUT2D eigenvalue weighted by Gasteiger charge is 2.19. The van der Waals surface area contributed by atoms with E-state index >= 15 is 0 Å². The van der Waals surface area contributed by atoms with Crippen molar-refractivity contribution in [1.29, 1.82) is 0 Å². The molecule has 0 aromatic heterocycles. The van der Waals surface area contributed by atoms with Gasteiger partial charge in [0, 0.05) is 19.1 Å². The van der Waals surface area contributed by atoms with Crippen molar-refractivity contribution in [3.05, 3.63) is 69.2 Å². The highest BCUT2D eigenvalue weighted by Crippen LogP contribution is 2.28. The van der Waals surface area contributed by atoms with Crippen LogP contribution in [0.4, 0.5) is 8.78 Å². The predicted molar refractivity (Wildman–Crippen MR) is 79.9 cm³/mol. The van der Waals surface area contributed by atoms with Crippen molar-refractivity contribution < 1.29 is 18.6 Å². The van der Waals surface area contributed by atoms with Gasteiger partial charge in [-0.1, -0.05) is 24.3 Å². The average Bonchev–Trinajstić information content (AvgIpc) is 2.48. The standard InChI is InChI=1S/C16H15BrF2O2/c1-21-9-10-4-2-3-5-11(10)15(20)8-12-14(18)7-6-13(17)16(12)19/h2-7,15,20H,8-9H2,1H3. The van der Waals surface area contributed by atoms with Crippen LogP contribution in [-0.4, -0.2) is 12.2 Å². The van der Waals surface area contributed by atoms with Crippen LogP contribution in [0.5, 0.6) is 0 Å². The molecule has 1 unspecified atom stereocenters. The first-order chi connectivity index (χ1) is 10.0. The molecule has 0 aliphatic rings. The third-order valence-corrected chi connectivity index (χ3v) is 3.86. The topological polar surface area (TPSA) is 29.5 Å². The molecule has 112 valence electrons. The van der Waals surface area contributed by atoms with Crippen molar-refractivity contribution in [2.45, 2.75) is 19.1 Å². The zero-order chi connectivity index (χ0) is 15.4. The molecule has 0 radical (unpaired) electrons. The highest BCUT2D eigenvalue weighted by molar-refractivity contribution is 9.10. The summed E-state index contributed by atoms with van der Waals surface area (Å²) in [6.45, 7) is 0.330.